The summed E-state index contributed by atoms with van der Waals surface area (Å²) >= 11 is 0. The Morgan fingerprint density at radius 2 is 1.63 bits per heavy atom. The molecule has 2 saturated heterocycles. The van der Waals surface area contributed by atoms with Crippen LogP contribution in [0.4, 0.5) is 4.39 Å². The van der Waals surface area contributed by atoms with Gasteiger partial charge in [0.2, 0.25) is 5.91 Å². The molecule has 8 nitrogen and oxygen atoms in total. The zero-order valence-electron chi connectivity index (χ0n) is 20.0. The minimum atomic E-state index is -0.995. The van der Waals surface area contributed by atoms with E-state index in [4.69, 9.17) is 9.47 Å². The fourth-order valence-corrected chi connectivity index (χ4v) is 4.63. The molecule has 2 aliphatic heterocycles. The van der Waals surface area contributed by atoms with Gasteiger partial charge in [0.15, 0.2) is 0 Å². The SMILES string of the molecule is COCCNC(=O)C1COC2(CCN(C(=O)c3ccc(F)cc3)CC2)N1C(=O)c1ccc(C)cc1. The first kappa shape index (κ1) is 24.8. The molecule has 186 valence electrons. The van der Waals surface area contributed by atoms with E-state index >= 15 is 0 Å². The van der Waals surface area contributed by atoms with Gasteiger partial charge in [-0.25, -0.2) is 4.39 Å². The van der Waals surface area contributed by atoms with E-state index in [1.807, 2.05) is 19.1 Å². The van der Waals surface area contributed by atoms with E-state index in [1.54, 1.807) is 29.0 Å². The van der Waals surface area contributed by atoms with Crippen LogP contribution in [0.3, 0.4) is 0 Å². The molecule has 1 atom stereocenters. The topological polar surface area (TPSA) is 88.2 Å². The van der Waals surface area contributed by atoms with Crippen LogP contribution in [-0.4, -0.2) is 79.2 Å². The third-order valence-corrected chi connectivity index (χ3v) is 6.61. The normalized spacial score (nSPS) is 19.1. The van der Waals surface area contributed by atoms with Crippen LogP contribution in [0.5, 0.6) is 0 Å². The average molecular weight is 484 g/mol. The Bertz CT molecular complexity index is 1070. The lowest BCUT2D eigenvalue weighted by Crippen LogP contribution is -2.60. The molecule has 2 aliphatic rings. The van der Waals surface area contributed by atoms with E-state index in [0.717, 1.165) is 5.56 Å². The predicted octanol–water partition coefficient (Wildman–Crippen LogP) is 2.37. The third-order valence-electron chi connectivity index (χ3n) is 6.61. The highest BCUT2D eigenvalue weighted by atomic mass is 19.1. The fraction of sp³-hybridized carbons (Fsp3) is 0.423. The predicted molar refractivity (Wildman–Crippen MR) is 126 cm³/mol. The van der Waals surface area contributed by atoms with Gasteiger partial charge in [-0.05, 0) is 43.3 Å². The summed E-state index contributed by atoms with van der Waals surface area (Å²) in [4.78, 5) is 42.8. The highest BCUT2D eigenvalue weighted by molar-refractivity contribution is 5.98. The Hall–Kier alpha value is -3.30. The summed E-state index contributed by atoms with van der Waals surface area (Å²) in [6.45, 7) is 3.37. The Labute approximate surface area is 204 Å². The van der Waals surface area contributed by atoms with Gasteiger partial charge in [0.05, 0.1) is 13.2 Å². The lowest BCUT2D eigenvalue weighted by molar-refractivity contribution is -0.128. The van der Waals surface area contributed by atoms with Crippen LogP contribution in [0.25, 0.3) is 0 Å². The van der Waals surface area contributed by atoms with Crippen molar-refractivity contribution < 1.29 is 28.2 Å². The van der Waals surface area contributed by atoms with E-state index < -0.39 is 17.6 Å². The number of amides is 3. The maximum atomic E-state index is 13.7. The van der Waals surface area contributed by atoms with Crippen molar-refractivity contribution in [2.24, 2.45) is 0 Å². The van der Waals surface area contributed by atoms with Gasteiger partial charge in [-0.2, -0.15) is 0 Å². The second kappa shape index (κ2) is 10.5. The van der Waals surface area contributed by atoms with Crippen molar-refractivity contribution in [3.63, 3.8) is 0 Å². The van der Waals surface area contributed by atoms with Crippen molar-refractivity contribution in [3.8, 4) is 0 Å². The van der Waals surface area contributed by atoms with E-state index in [2.05, 4.69) is 5.32 Å². The Morgan fingerprint density at radius 1 is 1.03 bits per heavy atom. The first-order valence-electron chi connectivity index (χ1n) is 11.7. The molecule has 2 heterocycles. The molecule has 9 heteroatoms. The maximum Gasteiger partial charge on any atom is 0.256 e. The molecule has 2 aromatic carbocycles. The first-order chi connectivity index (χ1) is 16.8. The molecule has 4 rings (SSSR count). The number of piperidine rings is 1. The van der Waals surface area contributed by atoms with Crippen LogP contribution in [-0.2, 0) is 14.3 Å². The summed E-state index contributed by atoms with van der Waals surface area (Å²) in [6, 6.07) is 11.8. The molecule has 0 radical (unpaired) electrons. The molecule has 35 heavy (non-hydrogen) atoms. The zero-order chi connectivity index (χ0) is 25.0. The van der Waals surface area contributed by atoms with Crippen molar-refractivity contribution in [3.05, 3.63) is 71.0 Å². The molecule has 0 aromatic heterocycles. The lowest BCUT2D eigenvalue weighted by Gasteiger charge is -2.44. The van der Waals surface area contributed by atoms with Crippen LogP contribution in [0.1, 0.15) is 39.1 Å². The van der Waals surface area contributed by atoms with Crippen molar-refractivity contribution in [2.75, 3.05) is 40.0 Å². The lowest BCUT2D eigenvalue weighted by atomic mass is 9.96. The Morgan fingerprint density at radius 3 is 2.26 bits per heavy atom. The quantitative estimate of drug-likeness (QED) is 0.638. The molecule has 0 bridgehead atoms. The number of methoxy groups -OCH3 is 1. The van der Waals surface area contributed by atoms with Crippen molar-refractivity contribution in [2.45, 2.75) is 31.5 Å². The summed E-state index contributed by atoms with van der Waals surface area (Å²) in [6.07, 6.45) is 0.721. The van der Waals surface area contributed by atoms with Crippen LogP contribution in [0, 0.1) is 12.7 Å². The van der Waals surface area contributed by atoms with Gasteiger partial charge >= 0.3 is 0 Å². The first-order valence-corrected chi connectivity index (χ1v) is 11.7. The molecule has 1 spiro atoms. The molecule has 3 amide bonds. The zero-order valence-corrected chi connectivity index (χ0v) is 20.0. The molecule has 1 N–H and O–H groups in total. The van der Waals surface area contributed by atoms with E-state index in [9.17, 15) is 18.8 Å². The van der Waals surface area contributed by atoms with Gasteiger partial charge in [0.25, 0.3) is 11.8 Å². The average Bonchev–Trinajstić information content (AvgIpc) is 3.23. The number of hydrogen-bond donors (Lipinski definition) is 1. The number of halogens is 1. The Balaban J connectivity index is 1.54. The van der Waals surface area contributed by atoms with Gasteiger partial charge in [0.1, 0.15) is 17.6 Å². The van der Waals surface area contributed by atoms with E-state index in [0.29, 0.717) is 50.2 Å². The van der Waals surface area contributed by atoms with Gasteiger partial charge in [-0.3, -0.25) is 19.3 Å². The molecule has 2 fully saturated rings. The minimum absolute atomic E-state index is 0.0718. The number of nitrogens with zero attached hydrogens (tertiary/aromatic N) is 2. The smallest absolute Gasteiger partial charge is 0.256 e. The highest BCUT2D eigenvalue weighted by Crippen LogP contribution is 2.38. The largest absolute Gasteiger partial charge is 0.383 e. The molecule has 0 aliphatic carbocycles. The number of carbonyl (C=O) groups excluding carboxylic acids is 3. The number of nitrogens with one attached hydrogen (secondary N) is 1. The second-order valence-electron chi connectivity index (χ2n) is 8.90. The number of carbonyl (C=O) groups is 3. The van der Waals surface area contributed by atoms with Gasteiger partial charge < -0.3 is 19.7 Å². The third kappa shape index (κ3) is 5.21. The molecule has 2 aromatic rings. The van der Waals surface area contributed by atoms with Gasteiger partial charge in [-0.1, -0.05) is 17.7 Å². The standard InChI is InChI=1S/C26H30FN3O5/c1-18-3-5-20(6-4-18)25(33)30-22(23(31)28-13-16-34-2)17-35-26(30)11-14-29(15-12-26)24(32)19-7-9-21(27)10-8-19/h3-10,22H,11-17H2,1-2H3,(H,28,31). The van der Waals surface area contributed by atoms with Crippen molar-refractivity contribution in [1.82, 2.24) is 15.1 Å². The van der Waals surface area contributed by atoms with E-state index in [1.165, 1.54) is 24.3 Å². The summed E-state index contributed by atoms with van der Waals surface area (Å²) in [5, 5.41) is 2.81. The Kier molecular flexibility index (Phi) is 7.47. The van der Waals surface area contributed by atoms with Crippen molar-refractivity contribution in [1.29, 1.82) is 0 Å². The summed E-state index contributed by atoms with van der Waals surface area (Å²) in [7, 11) is 1.55. The monoisotopic (exact) mass is 483 g/mol. The van der Waals surface area contributed by atoms with Crippen LogP contribution >= 0.6 is 0 Å². The summed E-state index contributed by atoms with van der Waals surface area (Å²) in [5.41, 5.74) is 0.901. The van der Waals surface area contributed by atoms with Crippen LogP contribution < -0.4 is 5.32 Å². The number of ether oxygens (including phenoxy) is 2. The molecular weight excluding hydrogens is 453 g/mol. The number of benzene rings is 2. The number of hydrogen-bond acceptors (Lipinski definition) is 5. The highest BCUT2D eigenvalue weighted by Gasteiger charge is 2.54. The van der Waals surface area contributed by atoms with Gasteiger partial charge in [-0.15, -0.1) is 0 Å². The van der Waals surface area contributed by atoms with Crippen LogP contribution in [0.15, 0.2) is 48.5 Å². The summed E-state index contributed by atoms with van der Waals surface area (Å²) in [5.74, 6) is -1.20. The van der Waals surface area contributed by atoms with E-state index in [-0.39, 0.29) is 24.3 Å². The molecular formula is C26H30FN3O5. The molecule has 1 unspecified atom stereocenters. The molecule has 0 saturated carbocycles. The maximum absolute atomic E-state index is 13.7. The number of rotatable bonds is 6. The van der Waals surface area contributed by atoms with Crippen LogP contribution in [0.2, 0.25) is 0 Å². The van der Waals surface area contributed by atoms with Crippen molar-refractivity contribution >= 4 is 17.7 Å². The fourth-order valence-electron chi connectivity index (χ4n) is 4.63. The number of likely N-dealkylation sites (tertiary alicyclic amines) is 1. The second-order valence-corrected chi connectivity index (χ2v) is 8.90. The summed E-state index contributed by atoms with van der Waals surface area (Å²) < 4.78 is 24.4. The van der Waals surface area contributed by atoms with Gasteiger partial charge in [0, 0.05) is 50.7 Å². The minimum Gasteiger partial charge on any atom is -0.383 e. The number of aryl methyl sites for hydroxylation is 1.